The average Bonchev–Trinajstić information content (AvgIpc) is 3.12. The molecule has 1 amide bonds. The van der Waals surface area contributed by atoms with Crippen molar-refractivity contribution in [2.24, 2.45) is 0 Å². The number of amides is 1. The number of benzene rings is 2. The molecule has 160 valence electrons. The molecule has 7 heteroatoms. The molecule has 0 atom stereocenters. The molecule has 0 radical (unpaired) electrons. The molecule has 31 heavy (non-hydrogen) atoms. The molecule has 5 nitrogen and oxygen atoms in total. The average molecular weight is 457 g/mol. The number of halogens is 2. The Hall–Kier alpha value is -2.60. The second-order valence-corrected chi connectivity index (χ2v) is 8.81. The van der Waals surface area contributed by atoms with E-state index in [0.717, 1.165) is 24.5 Å². The molecule has 0 saturated carbocycles. The van der Waals surface area contributed by atoms with Crippen LogP contribution >= 0.6 is 23.2 Å². The molecule has 4 rings (SSSR count). The van der Waals surface area contributed by atoms with Crippen LogP contribution in [0.25, 0.3) is 0 Å². The summed E-state index contributed by atoms with van der Waals surface area (Å²) in [5.74, 6) is 1.48. The largest absolute Gasteiger partial charge is 0.463 e. The van der Waals surface area contributed by atoms with Crippen LogP contribution in [0, 0.1) is 0 Å². The van der Waals surface area contributed by atoms with Crippen molar-refractivity contribution >= 4 is 34.9 Å². The van der Waals surface area contributed by atoms with Crippen LogP contribution in [0.3, 0.4) is 0 Å². The topological polar surface area (TPSA) is 53.8 Å². The van der Waals surface area contributed by atoms with Crippen molar-refractivity contribution < 1.29 is 14.0 Å². The van der Waals surface area contributed by atoms with Gasteiger partial charge in [-0.25, -0.2) is 0 Å². The van der Waals surface area contributed by atoms with E-state index >= 15 is 0 Å². The fourth-order valence-corrected chi connectivity index (χ4v) is 4.27. The molecule has 1 aliphatic rings. The Labute approximate surface area is 191 Å². The van der Waals surface area contributed by atoms with Gasteiger partial charge in [0.05, 0.1) is 13.1 Å². The Balaban J connectivity index is 1.47. The number of furan rings is 1. The van der Waals surface area contributed by atoms with E-state index in [1.807, 2.05) is 19.0 Å². The second kappa shape index (κ2) is 8.87. The first-order chi connectivity index (χ1) is 14.8. The zero-order valence-corrected chi connectivity index (χ0v) is 18.8. The van der Waals surface area contributed by atoms with Crippen molar-refractivity contribution in [1.29, 1.82) is 0 Å². The van der Waals surface area contributed by atoms with Gasteiger partial charge in [-0.15, -0.1) is 0 Å². The molecular formula is C24H22Cl2N2O3. The third-order valence-electron chi connectivity index (χ3n) is 5.21. The number of nitrogens with zero attached hydrogens (tertiary/aromatic N) is 2. The monoisotopic (exact) mass is 456 g/mol. The van der Waals surface area contributed by atoms with Crippen LogP contribution in [0.1, 0.15) is 43.4 Å². The van der Waals surface area contributed by atoms with E-state index in [1.165, 1.54) is 5.56 Å². The van der Waals surface area contributed by atoms with Crippen LogP contribution in [0.5, 0.6) is 0 Å². The van der Waals surface area contributed by atoms with Crippen molar-refractivity contribution in [1.82, 2.24) is 9.80 Å². The van der Waals surface area contributed by atoms with Crippen LogP contribution in [0.4, 0.5) is 0 Å². The summed E-state index contributed by atoms with van der Waals surface area (Å²) in [6.07, 6.45) is 0.768. The minimum atomic E-state index is -0.199. The number of fused-ring (bicyclic) bond motifs is 1. The Morgan fingerprint density at radius 2 is 1.61 bits per heavy atom. The highest BCUT2D eigenvalue weighted by molar-refractivity contribution is 6.35. The minimum Gasteiger partial charge on any atom is -0.463 e. The van der Waals surface area contributed by atoms with E-state index in [4.69, 9.17) is 27.6 Å². The van der Waals surface area contributed by atoms with Gasteiger partial charge in [0.25, 0.3) is 5.91 Å². The summed E-state index contributed by atoms with van der Waals surface area (Å²) >= 11 is 12.0. The fraction of sp³-hybridized carbons (Fsp3) is 0.250. The van der Waals surface area contributed by atoms with E-state index in [2.05, 4.69) is 6.07 Å². The van der Waals surface area contributed by atoms with Crippen LogP contribution in [-0.4, -0.2) is 42.1 Å². The Kier molecular flexibility index (Phi) is 6.19. The van der Waals surface area contributed by atoms with Gasteiger partial charge in [-0.1, -0.05) is 35.3 Å². The zero-order valence-electron chi connectivity index (χ0n) is 17.3. The maximum Gasteiger partial charge on any atom is 0.254 e. The zero-order chi connectivity index (χ0) is 22.1. The quantitative estimate of drug-likeness (QED) is 0.502. The van der Waals surface area contributed by atoms with E-state index in [-0.39, 0.29) is 11.7 Å². The summed E-state index contributed by atoms with van der Waals surface area (Å²) < 4.78 is 5.95. The Morgan fingerprint density at radius 3 is 2.26 bits per heavy atom. The lowest BCUT2D eigenvalue weighted by Crippen LogP contribution is -2.35. The SMILES string of the molecule is CN(C)Cc1cc2c(o1)CN(C(=O)c1ccc(C(=O)c3cc(Cl)cc(Cl)c3)cc1)CC2. The maximum atomic E-state index is 13.0. The highest BCUT2D eigenvalue weighted by Gasteiger charge is 2.25. The van der Waals surface area contributed by atoms with Gasteiger partial charge in [0, 0.05) is 33.3 Å². The molecule has 3 aromatic rings. The van der Waals surface area contributed by atoms with Gasteiger partial charge < -0.3 is 14.2 Å². The van der Waals surface area contributed by atoms with Crippen LogP contribution in [0.15, 0.2) is 52.9 Å². The van der Waals surface area contributed by atoms with Crippen molar-refractivity contribution in [3.05, 3.63) is 92.4 Å². The van der Waals surface area contributed by atoms with Crippen molar-refractivity contribution in [3.8, 4) is 0 Å². The highest BCUT2D eigenvalue weighted by Crippen LogP contribution is 2.25. The third kappa shape index (κ3) is 4.85. The van der Waals surface area contributed by atoms with E-state index in [0.29, 0.717) is 39.8 Å². The number of carbonyl (C=O) groups excluding carboxylic acids is 2. The predicted molar refractivity (Wildman–Crippen MR) is 121 cm³/mol. The van der Waals surface area contributed by atoms with Crippen LogP contribution in [-0.2, 0) is 19.5 Å². The molecule has 1 aliphatic heterocycles. The molecule has 0 aliphatic carbocycles. The predicted octanol–water partition coefficient (Wildman–Crippen LogP) is 5.08. The molecule has 0 N–H and O–H groups in total. The standard InChI is InChI=1S/C24H22Cl2N2O3/c1-27(2)13-21-11-17-7-8-28(14-22(17)31-21)24(30)16-5-3-15(4-6-16)23(29)18-9-19(25)12-20(26)10-18/h3-6,9-12H,7-8,13-14H2,1-2H3. The minimum absolute atomic E-state index is 0.0824. The van der Waals surface area contributed by atoms with Gasteiger partial charge in [-0.2, -0.15) is 0 Å². The molecule has 0 unspecified atom stereocenters. The lowest BCUT2D eigenvalue weighted by molar-refractivity contribution is 0.0718. The fourth-order valence-electron chi connectivity index (χ4n) is 3.74. The van der Waals surface area contributed by atoms with Crippen LogP contribution < -0.4 is 0 Å². The molecule has 1 aromatic heterocycles. The van der Waals surface area contributed by atoms with E-state index in [1.54, 1.807) is 47.4 Å². The molecule has 2 heterocycles. The van der Waals surface area contributed by atoms with Gasteiger partial charge in [-0.05, 0) is 62.5 Å². The maximum absolute atomic E-state index is 13.0. The number of hydrogen-bond acceptors (Lipinski definition) is 4. The second-order valence-electron chi connectivity index (χ2n) is 7.94. The van der Waals surface area contributed by atoms with Gasteiger partial charge in [0.1, 0.15) is 11.5 Å². The summed E-state index contributed by atoms with van der Waals surface area (Å²) in [6, 6.07) is 13.5. The first-order valence-corrected chi connectivity index (χ1v) is 10.7. The van der Waals surface area contributed by atoms with Gasteiger partial charge >= 0.3 is 0 Å². The van der Waals surface area contributed by atoms with Crippen molar-refractivity contribution in [3.63, 3.8) is 0 Å². The number of hydrogen-bond donors (Lipinski definition) is 0. The smallest absolute Gasteiger partial charge is 0.254 e. The normalized spacial score (nSPS) is 13.4. The molecule has 0 spiro atoms. The first-order valence-electron chi connectivity index (χ1n) is 9.95. The lowest BCUT2D eigenvalue weighted by atomic mass is 10.0. The first kappa shape index (κ1) is 21.6. The highest BCUT2D eigenvalue weighted by atomic mass is 35.5. The lowest BCUT2D eigenvalue weighted by Gasteiger charge is -2.26. The molecule has 0 saturated heterocycles. The summed E-state index contributed by atoms with van der Waals surface area (Å²) in [5.41, 5.74) is 2.58. The summed E-state index contributed by atoms with van der Waals surface area (Å²) in [7, 11) is 3.99. The van der Waals surface area contributed by atoms with Crippen LogP contribution in [0.2, 0.25) is 10.0 Å². The van der Waals surface area contributed by atoms with Crippen molar-refractivity contribution in [2.75, 3.05) is 20.6 Å². The van der Waals surface area contributed by atoms with Crippen molar-refractivity contribution in [2.45, 2.75) is 19.5 Å². The van der Waals surface area contributed by atoms with E-state index < -0.39 is 0 Å². The summed E-state index contributed by atoms with van der Waals surface area (Å²) in [5, 5.41) is 0.803. The van der Waals surface area contributed by atoms with E-state index in [9.17, 15) is 9.59 Å². The molecule has 2 aromatic carbocycles. The summed E-state index contributed by atoms with van der Waals surface area (Å²) in [6.45, 7) is 1.81. The van der Waals surface area contributed by atoms with Gasteiger partial charge in [0.15, 0.2) is 5.78 Å². The van der Waals surface area contributed by atoms with Gasteiger partial charge in [0.2, 0.25) is 0 Å². The molecular weight excluding hydrogens is 435 g/mol. The summed E-state index contributed by atoms with van der Waals surface area (Å²) in [4.78, 5) is 29.5. The Morgan fingerprint density at radius 1 is 0.968 bits per heavy atom. The number of carbonyl (C=O) groups is 2. The molecule has 0 bridgehead atoms. The Bertz CT molecular complexity index is 1120. The number of rotatable bonds is 5. The third-order valence-corrected chi connectivity index (χ3v) is 5.65. The molecule has 0 fully saturated rings. The number of ketones is 1. The van der Waals surface area contributed by atoms with Gasteiger partial charge in [-0.3, -0.25) is 9.59 Å².